The standard InChI is InChI=1S/C29H35N5O5S/c1-20(18-35)30-28(36)31-23-11-9-22(10-12-23)27-32-25(17-26(33-27)34-15-16-39-19-21(34)2)29(13-6-14-29)40(37,38)24-7-4-3-5-8-24/h3-5,7-12,17,20-21,35H,6,13-16,18-19H2,1-2H3,(H2,30,31,36)/t20-,21-/m0/s1. The summed E-state index contributed by atoms with van der Waals surface area (Å²) in [5, 5.41) is 14.5. The van der Waals surface area contributed by atoms with Crippen LogP contribution in [0.4, 0.5) is 16.3 Å². The number of aliphatic hydroxyl groups excluding tert-OH is 1. The van der Waals surface area contributed by atoms with Gasteiger partial charge in [-0.2, -0.15) is 0 Å². The largest absolute Gasteiger partial charge is 0.394 e. The van der Waals surface area contributed by atoms with E-state index in [-0.39, 0.29) is 18.7 Å². The van der Waals surface area contributed by atoms with Crippen LogP contribution in [-0.4, -0.2) is 68.0 Å². The molecule has 2 fully saturated rings. The average Bonchev–Trinajstić information content (AvgIpc) is 2.93. The van der Waals surface area contributed by atoms with Crippen LogP contribution in [0.3, 0.4) is 0 Å². The van der Waals surface area contributed by atoms with E-state index in [1.807, 2.05) is 12.1 Å². The van der Waals surface area contributed by atoms with Crippen LogP contribution in [0.5, 0.6) is 0 Å². The van der Waals surface area contributed by atoms with Crippen LogP contribution in [0.25, 0.3) is 11.4 Å². The van der Waals surface area contributed by atoms with E-state index < -0.39 is 20.6 Å². The van der Waals surface area contributed by atoms with Crippen molar-refractivity contribution in [3.63, 3.8) is 0 Å². The molecule has 1 saturated heterocycles. The SMILES string of the molecule is C[C@@H](CO)NC(=O)Nc1ccc(-c2nc(N3CCOC[C@@H]3C)cc(C3(S(=O)(=O)c4ccccc4)CCC3)n2)cc1. The average molecular weight is 566 g/mol. The molecule has 1 saturated carbocycles. The molecule has 5 rings (SSSR count). The molecule has 0 spiro atoms. The number of ether oxygens (including phenoxy) is 1. The Morgan fingerprint density at radius 3 is 2.50 bits per heavy atom. The van der Waals surface area contributed by atoms with Gasteiger partial charge >= 0.3 is 6.03 Å². The Hall–Kier alpha value is -3.54. The van der Waals surface area contributed by atoms with Gasteiger partial charge in [-0.15, -0.1) is 0 Å². The molecule has 0 radical (unpaired) electrons. The first kappa shape index (κ1) is 28.0. The van der Waals surface area contributed by atoms with E-state index in [0.717, 1.165) is 6.42 Å². The molecular weight excluding hydrogens is 530 g/mol. The molecule has 40 heavy (non-hydrogen) atoms. The minimum Gasteiger partial charge on any atom is -0.394 e. The van der Waals surface area contributed by atoms with Crippen LogP contribution in [0.1, 0.15) is 38.8 Å². The van der Waals surface area contributed by atoms with Crippen molar-refractivity contribution in [1.29, 1.82) is 0 Å². The molecule has 0 bridgehead atoms. The van der Waals surface area contributed by atoms with E-state index in [4.69, 9.17) is 19.8 Å². The summed E-state index contributed by atoms with van der Waals surface area (Å²) >= 11 is 0. The normalized spacial score (nSPS) is 19.4. The molecule has 2 amide bonds. The summed E-state index contributed by atoms with van der Waals surface area (Å²) in [7, 11) is -3.72. The molecule has 2 heterocycles. The summed E-state index contributed by atoms with van der Waals surface area (Å²) in [6.45, 7) is 5.35. The van der Waals surface area contributed by atoms with Gasteiger partial charge < -0.3 is 25.4 Å². The van der Waals surface area contributed by atoms with Gasteiger partial charge in [0.15, 0.2) is 15.7 Å². The number of morpholine rings is 1. The van der Waals surface area contributed by atoms with Gasteiger partial charge in [0.1, 0.15) is 10.6 Å². The quantitative estimate of drug-likeness (QED) is 0.376. The van der Waals surface area contributed by atoms with Crippen molar-refractivity contribution in [3.05, 3.63) is 66.4 Å². The highest BCUT2D eigenvalue weighted by Gasteiger charge is 2.52. The van der Waals surface area contributed by atoms with Crippen molar-refractivity contribution in [2.24, 2.45) is 0 Å². The maximum Gasteiger partial charge on any atom is 0.319 e. The van der Waals surface area contributed by atoms with Crippen LogP contribution in [0.15, 0.2) is 65.6 Å². The molecular formula is C29H35N5O5S. The van der Waals surface area contributed by atoms with Gasteiger partial charge in [-0.1, -0.05) is 18.2 Å². The maximum absolute atomic E-state index is 14.0. The number of hydrogen-bond acceptors (Lipinski definition) is 8. The molecule has 3 N–H and O–H groups in total. The predicted molar refractivity (Wildman–Crippen MR) is 153 cm³/mol. The summed E-state index contributed by atoms with van der Waals surface area (Å²) in [6.07, 6.45) is 1.78. The second-order valence-corrected chi connectivity index (χ2v) is 12.7. The summed E-state index contributed by atoms with van der Waals surface area (Å²) in [4.78, 5) is 24.4. The van der Waals surface area contributed by atoms with E-state index in [9.17, 15) is 13.2 Å². The van der Waals surface area contributed by atoms with Crippen molar-refractivity contribution in [2.45, 2.75) is 54.8 Å². The number of benzene rings is 2. The first-order valence-electron chi connectivity index (χ1n) is 13.6. The number of nitrogens with zero attached hydrogens (tertiary/aromatic N) is 3. The molecule has 1 aliphatic heterocycles. The first-order valence-corrected chi connectivity index (χ1v) is 15.0. The maximum atomic E-state index is 14.0. The van der Waals surface area contributed by atoms with Crippen molar-refractivity contribution >= 4 is 27.4 Å². The van der Waals surface area contributed by atoms with E-state index in [2.05, 4.69) is 22.5 Å². The highest BCUT2D eigenvalue weighted by Crippen LogP contribution is 2.51. The zero-order valence-electron chi connectivity index (χ0n) is 22.7. The van der Waals surface area contributed by atoms with Gasteiger partial charge in [-0.05, 0) is 69.5 Å². The summed E-state index contributed by atoms with van der Waals surface area (Å²) < 4.78 is 32.6. The van der Waals surface area contributed by atoms with Gasteiger partial charge in [-0.25, -0.2) is 23.2 Å². The molecule has 2 aliphatic rings. The van der Waals surface area contributed by atoms with Crippen LogP contribution in [0, 0.1) is 0 Å². The zero-order chi connectivity index (χ0) is 28.3. The van der Waals surface area contributed by atoms with Gasteiger partial charge in [0.2, 0.25) is 0 Å². The number of urea groups is 1. The molecule has 2 atom stereocenters. The number of aliphatic hydroxyl groups is 1. The van der Waals surface area contributed by atoms with Crippen LogP contribution in [-0.2, 0) is 19.3 Å². The Morgan fingerprint density at radius 2 is 1.88 bits per heavy atom. The van der Waals surface area contributed by atoms with E-state index >= 15 is 0 Å². The number of amides is 2. The number of carbonyl (C=O) groups excluding carboxylic acids is 1. The number of anilines is 2. The number of hydrogen-bond donors (Lipinski definition) is 3. The number of aromatic nitrogens is 2. The third-order valence-electron chi connectivity index (χ3n) is 7.62. The van der Waals surface area contributed by atoms with Gasteiger partial charge in [0, 0.05) is 23.9 Å². The summed E-state index contributed by atoms with van der Waals surface area (Å²) in [5.74, 6) is 1.09. The minimum atomic E-state index is -3.72. The Labute approximate surface area is 234 Å². The smallest absolute Gasteiger partial charge is 0.319 e. The van der Waals surface area contributed by atoms with Gasteiger partial charge in [0.05, 0.1) is 42.5 Å². The number of nitrogens with one attached hydrogen (secondary N) is 2. The van der Waals surface area contributed by atoms with Crippen molar-refractivity contribution in [3.8, 4) is 11.4 Å². The van der Waals surface area contributed by atoms with Crippen LogP contribution >= 0.6 is 0 Å². The molecule has 0 unspecified atom stereocenters. The fourth-order valence-electron chi connectivity index (χ4n) is 5.14. The third-order valence-corrected chi connectivity index (χ3v) is 10.2. The second-order valence-electron chi connectivity index (χ2n) is 10.5. The van der Waals surface area contributed by atoms with Gasteiger partial charge in [-0.3, -0.25) is 0 Å². The number of sulfone groups is 1. The van der Waals surface area contributed by atoms with Crippen molar-refractivity contribution in [2.75, 3.05) is 36.6 Å². The Kier molecular flexibility index (Phi) is 8.07. The van der Waals surface area contributed by atoms with Crippen molar-refractivity contribution < 1.29 is 23.1 Å². The van der Waals surface area contributed by atoms with Crippen LogP contribution < -0.4 is 15.5 Å². The van der Waals surface area contributed by atoms with Crippen molar-refractivity contribution in [1.82, 2.24) is 15.3 Å². The highest BCUT2D eigenvalue weighted by atomic mass is 32.2. The monoisotopic (exact) mass is 565 g/mol. The molecule has 1 aliphatic carbocycles. The molecule has 3 aromatic rings. The highest BCUT2D eigenvalue weighted by molar-refractivity contribution is 7.92. The first-order chi connectivity index (χ1) is 19.2. The summed E-state index contributed by atoms with van der Waals surface area (Å²) in [6, 6.07) is 16.8. The lowest BCUT2D eigenvalue weighted by atomic mass is 9.81. The van der Waals surface area contributed by atoms with E-state index in [0.29, 0.717) is 66.1 Å². The fourth-order valence-corrected chi connectivity index (χ4v) is 7.31. The fraction of sp³-hybridized carbons (Fsp3) is 0.414. The third kappa shape index (κ3) is 5.41. The molecule has 11 heteroatoms. The predicted octanol–water partition coefficient (Wildman–Crippen LogP) is 3.72. The second kappa shape index (κ2) is 11.5. The lowest BCUT2D eigenvalue weighted by molar-refractivity contribution is 0.0985. The topological polar surface area (TPSA) is 134 Å². The molecule has 10 nitrogen and oxygen atoms in total. The Bertz CT molecular complexity index is 1450. The Balaban J connectivity index is 1.54. The minimum absolute atomic E-state index is 0.0684. The number of carbonyl (C=O) groups is 1. The lowest BCUT2D eigenvalue weighted by Crippen LogP contribution is -2.46. The van der Waals surface area contributed by atoms with E-state index in [1.54, 1.807) is 55.5 Å². The lowest BCUT2D eigenvalue weighted by Gasteiger charge is -2.41. The Morgan fingerprint density at radius 1 is 1.15 bits per heavy atom. The van der Waals surface area contributed by atoms with Gasteiger partial charge in [0.25, 0.3) is 0 Å². The van der Waals surface area contributed by atoms with Crippen LogP contribution in [0.2, 0.25) is 0 Å². The summed E-state index contributed by atoms with van der Waals surface area (Å²) in [5.41, 5.74) is 1.76. The zero-order valence-corrected chi connectivity index (χ0v) is 23.5. The number of rotatable bonds is 8. The molecule has 212 valence electrons. The van der Waals surface area contributed by atoms with E-state index in [1.165, 1.54) is 0 Å². The molecule has 2 aromatic carbocycles. The molecule has 1 aromatic heterocycles.